The first-order chi connectivity index (χ1) is 26.2. The van der Waals surface area contributed by atoms with Gasteiger partial charge in [-0.05, 0) is 49.2 Å². The number of amides is 2. The second kappa shape index (κ2) is 16.8. The van der Waals surface area contributed by atoms with Crippen LogP contribution in [-0.4, -0.2) is 114 Å². The van der Waals surface area contributed by atoms with Gasteiger partial charge in [0.15, 0.2) is 0 Å². The summed E-state index contributed by atoms with van der Waals surface area (Å²) in [6, 6.07) is 13.2. The molecule has 2 amide bonds. The van der Waals surface area contributed by atoms with E-state index < -0.39 is 0 Å². The molecule has 0 aliphatic carbocycles. The number of piperazine rings is 2. The lowest BCUT2D eigenvalue weighted by molar-refractivity contribution is -0.115. The predicted molar refractivity (Wildman–Crippen MR) is 212 cm³/mol. The van der Waals surface area contributed by atoms with Crippen molar-refractivity contribution < 1.29 is 9.59 Å². The molecule has 2 aromatic carbocycles. The number of aromatic nitrogens is 8. The van der Waals surface area contributed by atoms with E-state index in [1.54, 1.807) is 24.8 Å². The van der Waals surface area contributed by atoms with Crippen LogP contribution in [-0.2, 0) is 9.59 Å². The van der Waals surface area contributed by atoms with Crippen molar-refractivity contribution in [2.75, 3.05) is 72.8 Å². The van der Waals surface area contributed by atoms with Gasteiger partial charge in [0, 0.05) is 103 Å². The molecule has 6 heterocycles. The SMILES string of the molecule is CC(=O)Nc1nnc(N2CCN([C@@H](C)c3ccc4nccnc4c3)CC2)s1.CC(=O)Nc1nnc(N2CCN([C@H](C)c3ccc4nccnc4c3)CC2)s1. The molecule has 6 aromatic rings. The standard InChI is InChI=1S/2C18H21N7OS/c2*1-12(14-3-4-15-16(11-14)20-6-5-19-15)24-7-9-25(10-8-24)18-23-22-17(27-18)21-13(2)26/h2*3-6,11-12H,7-10H2,1-2H3,(H,21,22,26)/t2*12-/m10/s1. The predicted octanol–water partition coefficient (Wildman–Crippen LogP) is 4.65. The number of hydrogen-bond donors (Lipinski definition) is 2. The molecule has 2 fully saturated rings. The van der Waals surface area contributed by atoms with E-state index in [0.717, 1.165) is 84.7 Å². The molecule has 2 atom stereocenters. The Labute approximate surface area is 320 Å². The minimum absolute atomic E-state index is 0.128. The highest BCUT2D eigenvalue weighted by molar-refractivity contribution is 7.19. The Balaban J connectivity index is 0.000000167. The Kier molecular flexibility index (Phi) is 11.5. The van der Waals surface area contributed by atoms with E-state index in [0.29, 0.717) is 22.3 Å². The summed E-state index contributed by atoms with van der Waals surface area (Å²) in [6.45, 7) is 14.7. The zero-order chi connectivity index (χ0) is 37.6. The molecule has 0 saturated carbocycles. The maximum Gasteiger partial charge on any atom is 0.223 e. The molecule has 280 valence electrons. The first kappa shape index (κ1) is 37.0. The first-order valence-corrected chi connectivity index (χ1v) is 19.4. The monoisotopic (exact) mass is 766 g/mol. The molecule has 0 spiro atoms. The largest absolute Gasteiger partial charge is 0.344 e. The Bertz CT molecular complexity index is 2060. The van der Waals surface area contributed by atoms with Gasteiger partial charge in [0.1, 0.15) is 0 Å². The summed E-state index contributed by atoms with van der Waals surface area (Å²) >= 11 is 2.83. The summed E-state index contributed by atoms with van der Waals surface area (Å²) in [5, 5.41) is 24.6. The maximum atomic E-state index is 11.1. The molecular weight excluding hydrogens is 725 g/mol. The number of carbonyl (C=O) groups excluding carboxylic acids is 2. The lowest BCUT2D eigenvalue weighted by atomic mass is 10.1. The van der Waals surface area contributed by atoms with Crippen LogP contribution in [0.5, 0.6) is 0 Å². The molecule has 8 rings (SSSR count). The molecule has 18 heteroatoms. The highest BCUT2D eigenvalue weighted by Crippen LogP contribution is 2.30. The van der Waals surface area contributed by atoms with Gasteiger partial charge < -0.3 is 20.4 Å². The number of benzene rings is 2. The van der Waals surface area contributed by atoms with Crippen molar-refractivity contribution in [2.24, 2.45) is 0 Å². The highest BCUT2D eigenvalue weighted by Gasteiger charge is 2.26. The molecule has 16 nitrogen and oxygen atoms in total. The lowest BCUT2D eigenvalue weighted by Gasteiger charge is -2.38. The lowest BCUT2D eigenvalue weighted by Crippen LogP contribution is -2.47. The van der Waals surface area contributed by atoms with Gasteiger partial charge in [0.05, 0.1) is 22.1 Å². The van der Waals surface area contributed by atoms with Crippen LogP contribution in [0.3, 0.4) is 0 Å². The molecular formula is C36H42N14O2S2. The van der Waals surface area contributed by atoms with E-state index in [4.69, 9.17) is 0 Å². The molecule has 0 radical (unpaired) electrons. The average molecular weight is 767 g/mol. The third-order valence-corrected chi connectivity index (χ3v) is 11.4. The van der Waals surface area contributed by atoms with Gasteiger partial charge in [-0.2, -0.15) is 0 Å². The summed E-state index contributed by atoms with van der Waals surface area (Å²) in [5.74, 6) is -0.257. The van der Waals surface area contributed by atoms with E-state index in [1.165, 1.54) is 47.6 Å². The van der Waals surface area contributed by atoms with Crippen molar-refractivity contribution in [3.05, 3.63) is 72.3 Å². The zero-order valence-corrected chi connectivity index (χ0v) is 32.2. The second-order valence-corrected chi connectivity index (χ2v) is 15.1. The zero-order valence-electron chi connectivity index (χ0n) is 30.6. The summed E-state index contributed by atoms with van der Waals surface area (Å²) in [4.78, 5) is 49.1. The van der Waals surface area contributed by atoms with Gasteiger partial charge >= 0.3 is 0 Å². The highest BCUT2D eigenvalue weighted by atomic mass is 32.1. The fourth-order valence-corrected chi connectivity index (χ4v) is 8.28. The average Bonchev–Trinajstić information content (AvgIpc) is 3.87. The first-order valence-electron chi connectivity index (χ1n) is 17.8. The number of hydrogen-bond acceptors (Lipinski definition) is 16. The quantitative estimate of drug-likeness (QED) is 0.219. The molecule has 2 N–H and O–H groups in total. The van der Waals surface area contributed by atoms with Crippen LogP contribution in [0.15, 0.2) is 61.2 Å². The Hall–Kier alpha value is -5.30. The Morgan fingerprint density at radius 1 is 0.556 bits per heavy atom. The molecule has 4 aromatic heterocycles. The van der Waals surface area contributed by atoms with E-state index in [9.17, 15) is 9.59 Å². The topological polar surface area (TPSA) is 174 Å². The van der Waals surface area contributed by atoms with Gasteiger partial charge in [-0.1, -0.05) is 34.8 Å². The number of rotatable bonds is 8. The fourth-order valence-electron chi connectivity index (χ4n) is 6.59. The number of fused-ring (bicyclic) bond motifs is 2. The number of carbonyl (C=O) groups is 2. The maximum absolute atomic E-state index is 11.1. The molecule has 2 aliphatic heterocycles. The minimum Gasteiger partial charge on any atom is -0.344 e. The number of nitrogens with one attached hydrogen (secondary N) is 2. The fraction of sp³-hybridized carbons (Fsp3) is 0.389. The van der Waals surface area contributed by atoms with Crippen LogP contribution < -0.4 is 20.4 Å². The Morgan fingerprint density at radius 2 is 0.926 bits per heavy atom. The smallest absolute Gasteiger partial charge is 0.223 e. The third kappa shape index (κ3) is 8.90. The van der Waals surface area contributed by atoms with Crippen LogP contribution in [0.2, 0.25) is 0 Å². The summed E-state index contributed by atoms with van der Waals surface area (Å²) < 4.78 is 0. The van der Waals surface area contributed by atoms with E-state index in [1.807, 2.05) is 12.1 Å². The molecule has 0 unspecified atom stereocenters. The number of nitrogens with zero attached hydrogens (tertiary/aromatic N) is 12. The van der Waals surface area contributed by atoms with E-state index >= 15 is 0 Å². The van der Waals surface area contributed by atoms with Crippen molar-refractivity contribution in [1.82, 2.24) is 50.1 Å². The second-order valence-electron chi connectivity index (χ2n) is 13.1. The molecule has 0 bridgehead atoms. The van der Waals surface area contributed by atoms with Gasteiger partial charge in [-0.25, -0.2) is 0 Å². The van der Waals surface area contributed by atoms with Gasteiger partial charge in [-0.15, -0.1) is 20.4 Å². The normalized spacial score (nSPS) is 16.4. The van der Waals surface area contributed by atoms with Crippen molar-refractivity contribution >= 4 is 77.1 Å². The summed E-state index contributed by atoms with van der Waals surface area (Å²) in [5.41, 5.74) is 6.20. The van der Waals surface area contributed by atoms with Crippen LogP contribution in [0.4, 0.5) is 20.5 Å². The summed E-state index contributed by atoms with van der Waals surface area (Å²) in [7, 11) is 0. The molecule has 2 aliphatic rings. The molecule has 54 heavy (non-hydrogen) atoms. The Morgan fingerprint density at radius 3 is 1.30 bits per heavy atom. The van der Waals surface area contributed by atoms with Crippen LogP contribution in [0, 0.1) is 0 Å². The van der Waals surface area contributed by atoms with Crippen molar-refractivity contribution in [3.8, 4) is 0 Å². The molecule has 2 saturated heterocycles. The van der Waals surface area contributed by atoms with Crippen LogP contribution >= 0.6 is 22.7 Å². The number of anilines is 4. The minimum atomic E-state index is -0.128. The van der Waals surface area contributed by atoms with Gasteiger partial charge in [0.2, 0.25) is 32.3 Å². The van der Waals surface area contributed by atoms with Gasteiger partial charge in [-0.3, -0.25) is 39.3 Å². The van der Waals surface area contributed by atoms with Crippen molar-refractivity contribution in [3.63, 3.8) is 0 Å². The van der Waals surface area contributed by atoms with E-state index in [2.05, 4.69) is 109 Å². The van der Waals surface area contributed by atoms with Crippen molar-refractivity contribution in [1.29, 1.82) is 0 Å². The third-order valence-electron chi connectivity index (χ3n) is 9.61. The van der Waals surface area contributed by atoms with E-state index in [-0.39, 0.29) is 11.8 Å². The van der Waals surface area contributed by atoms with Crippen LogP contribution in [0.25, 0.3) is 22.1 Å². The van der Waals surface area contributed by atoms with Gasteiger partial charge in [0.25, 0.3) is 0 Å². The van der Waals surface area contributed by atoms with Crippen LogP contribution in [0.1, 0.15) is 50.9 Å². The van der Waals surface area contributed by atoms with Crippen molar-refractivity contribution in [2.45, 2.75) is 39.8 Å². The summed E-state index contributed by atoms with van der Waals surface area (Å²) in [6.07, 6.45) is 6.89.